The average Bonchev–Trinajstić information content (AvgIpc) is 2.73. The maximum absolute atomic E-state index is 13.5. The van der Waals surface area contributed by atoms with Crippen LogP contribution in [0.5, 0.6) is 5.75 Å². The van der Waals surface area contributed by atoms with E-state index in [1.165, 1.54) is 0 Å². The van der Waals surface area contributed by atoms with Crippen molar-refractivity contribution in [3.8, 4) is 5.75 Å². The van der Waals surface area contributed by atoms with E-state index in [-0.39, 0.29) is 36.7 Å². The lowest BCUT2D eigenvalue weighted by molar-refractivity contribution is -0.147. The predicted molar refractivity (Wildman–Crippen MR) is 114 cm³/mol. The molecule has 0 heterocycles. The summed E-state index contributed by atoms with van der Waals surface area (Å²) in [6, 6.07) is 18.3. The van der Waals surface area contributed by atoms with Crippen LogP contribution in [-0.4, -0.2) is 24.4 Å². The molecule has 0 aliphatic rings. The lowest BCUT2D eigenvalue weighted by Gasteiger charge is -2.21. The fourth-order valence-corrected chi connectivity index (χ4v) is 4.18. The highest BCUT2D eigenvalue weighted by Crippen LogP contribution is 2.49. The Morgan fingerprint density at radius 1 is 1.07 bits per heavy atom. The van der Waals surface area contributed by atoms with Gasteiger partial charge < -0.3 is 14.0 Å². The maximum Gasteiger partial charge on any atom is 0.315 e. The number of hydrogen-bond donors (Lipinski definition) is 1. The Morgan fingerprint density at radius 3 is 2.31 bits per heavy atom. The molecule has 0 saturated carbocycles. The van der Waals surface area contributed by atoms with Crippen LogP contribution in [0.4, 0.5) is 0 Å². The average molecular weight is 417 g/mol. The van der Waals surface area contributed by atoms with E-state index in [4.69, 9.17) is 19.4 Å². The number of nitrogens with one attached hydrogen (secondary N) is 1. The number of rotatable bonds is 12. The molecule has 0 aromatic heterocycles. The first-order valence-electron chi connectivity index (χ1n) is 9.64. The molecule has 0 aliphatic carbocycles. The summed E-state index contributed by atoms with van der Waals surface area (Å²) in [6.45, 7) is 4.07. The maximum atomic E-state index is 13.5. The molecule has 156 valence electrons. The van der Waals surface area contributed by atoms with Crippen LogP contribution in [0.1, 0.15) is 32.3 Å². The summed E-state index contributed by atoms with van der Waals surface area (Å²) in [5, 5.41) is 8.39. The van der Waals surface area contributed by atoms with Gasteiger partial charge in [-0.05, 0) is 37.5 Å². The Kier molecular flexibility index (Phi) is 9.10. The number of carbonyl (C=O) groups excluding carboxylic acids is 1. The van der Waals surface area contributed by atoms with Crippen LogP contribution in [0.25, 0.3) is 0 Å². The van der Waals surface area contributed by atoms with Crippen molar-refractivity contribution in [2.24, 2.45) is 5.92 Å². The number of esters is 1. The molecule has 29 heavy (non-hydrogen) atoms. The van der Waals surface area contributed by atoms with Crippen molar-refractivity contribution in [2.45, 2.75) is 33.3 Å². The molecule has 7 heteroatoms. The fourth-order valence-electron chi connectivity index (χ4n) is 2.59. The van der Waals surface area contributed by atoms with E-state index in [0.29, 0.717) is 18.8 Å². The molecule has 0 fully saturated rings. The van der Waals surface area contributed by atoms with Crippen molar-refractivity contribution in [3.63, 3.8) is 0 Å². The highest BCUT2D eigenvalue weighted by molar-refractivity contribution is 7.76. The Morgan fingerprint density at radius 2 is 1.69 bits per heavy atom. The van der Waals surface area contributed by atoms with Crippen LogP contribution < -0.4 is 4.52 Å². The molecule has 0 aliphatic heterocycles. The third-order valence-electron chi connectivity index (χ3n) is 4.28. The second-order valence-electron chi connectivity index (χ2n) is 6.68. The summed E-state index contributed by atoms with van der Waals surface area (Å²) in [7, 11) is -3.56. The number of hydrogen-bond acceptors (Lipinski definition) is 6. The minimum Gasteiger partial charge on any atom is -0.466 e. The zero-order valence-electron chi connectivity index (χ0n) is 16.9. The Balaban J connectivity index is 2.03. The summed E-state index contributed by atoms with van der Waals surface area (Å²) in [5.74, 6) is -0.285. The highest BCUT2D eigenvalue weighted by Gasteiger charge is 2.32. The van der Waals surface area contributed by atoms with Crippen molar-refractivity contribution >= 4 is 18.8 Å². The molecule has 0 bridgehead atoms. The first-order valence-corrected chi connectivity index (χ1v) is 11.5. The Hall–Kier alpha value is -2.43. The number of ether oxygens (including phenoxy) is 2. The minimum atomic E-state index is -3.56. The molecule has 6 nitrogen and oxygen atoms in total. The lowest BCUT2D eigenvalue weighted by atomic mass is 10.1. The van der Waals surface area contributed by atoms with Gasteiger partial charge in [-0.15, -0.1) is 0 Å². The van der Waals surface area contributed by atoms with Gasteiger partial charge in [-0.2, -0.15) is 0 Å². The molecule has 0 radical (unpaired) electrons. The van der Waals surface area contributed by atoms with Gasteiger partial charge >= 0.3 is 13.3 Å². The van der Waals surface area contributed by atoms with Crippen molar-refractivity contribution in [1.29, 1.82) is 5.41 Å². The molecule has 2 aromatic carbocycles. The zero-order chi connectivity index (χ0) is 21.1. The van der Waals surface area contributed by atoms with E-state index in [1.807, 2.05) is 36.4 Å². The van der Waals surface area contributed by atoms with Gasteiger partial charge in [0.25, 0.3) is 0 Å². The van der Waals surface area contributed by atoms with Crippen LogP contribution in [0.15, 0.2) is 60.7 Å². The van der Waals surface area contributed by atoms with Crippen molar-refractivity contribution in [3.05, 3.63) is 66.2 Å². The summed E-state index contributed by atoms with van der Waals surface area (Å²) in [4.78, 5) is 11.8. The molecule has 2 aromatic rings. The van der Waals surface area contributed by atoms with Crippen LogP contribution in [-0.2, 0) is 25.4 Å². The summed E-state index contributed by atoms with van der Waals surface area (Å²) < 4.78 is 29.9. The van der Waals surface area contributed by atoms with E-state index < -0.39 is 7.37 Å². The van der Waals surface area contributed by atoms with Gasteiger partial charge in [0.15, 0.2) is 0 Å². The molecule has 2 rings (SSSR count). The molecular weight excluding hydrogens is 389 g/mol. The first-order chi connectivity index (χ1) is 13.9. The second kappa shape index (κ2) is 11.5. The summed E-state index contributed by atoms with van der Waals surface area (Å²) >= 11 is 0. The molecule has 0 spiro atoms. The van der Waals surface area contributed by atoms with E-state index >= 15 is 0 Å². The van der Waals surface area contributed by atoms with Gasteiger partial charge in [0, 0.05) is 0 Å². The molecule has 1 N–H and O–H groups in total. The van der Waals surface area contributed by atoms with Gasteiger partial charge in [-0.25, -0.2) is 0 Å². The lowest BCUT2D eigenvalue weighted by Crippen LogP contribution is -2.17. The van der Waals surface area contributed by atoms with E-state index in [2.05, 4.69) is 0 Å². The summed E-state index contributed by atoms with van der Waals surface area (Å²) in [5.41, 5.74) is 0.895. The number of benzene rings is 2. The summed E-state index contributed by atoms with van der Waals surface area (Å²) in [6.07, 6.45) is 0.320. The van der Waals surface area contributed by atoms with Crippen molar-refractivity contribution in [1.82, 2.24) is 0 Å². The number of carbonyl (C=O) groups is 1. The minimum absolute atomic E-state index is 0.0504. The normalized spacial score (nSPS) is 13.9. The molecule has 0 unspecified atom stereocenters. The molecule has 0 saturated heterocycles. The predicted octanol–water partition coefficient (Wildman–Crippen LogP) is 5.47. The second-order valence-corrected chi connectivity index (χ2v) is 9.01. The SMILES string of the molecule is CCOC(=O)[C@H](C)CCC(=N)[P@](=O)(COCc1ccccc1)Oc1ccccc1. The number of para-hydroxylation sites is 1. The van der Waals surface area contributed by atoms with E-state index in [1.54, 1.807) is 38.1 Å². The highest BCUT2D eigenvalue weighted by atomic mass is 31.2. The van der Waals surface area contributed by atoms with Crippen molar-refractivity contribution < 1.29 is 23.4 Å². The Bertz CT molecular complexity index is 826. The Labute approximate surface area is 172 Å². The topological polar surface area (TPSA) is 85.7 Å². The third kappa shape index (κ3) is 7.48. The monoisotopic (exact) mass is 417 g/mol. The van der Waals surface area contributed by atoms with Gasteiger partial charge in [0.1, 0.15) is 17.6 Å². The van der Waals surface area contributed by atoms with Crippen LogP contribution in [0.2, 0.25) is 0 Å². The van der Waals surface area contributed by atoms with Crippen LogP contribution >= 0.6 is 7.37 Å². The molecule has 0 amide bonds. The van der Waals surface area contributed by atoms with Crippen LogP contribution in [0, 0.1) is 11.3 Å². The quantitative estimate of drug-likeness (QED) is 0.281. The van der Waals surface area contributed by atoms with Gasteiger partial charge in [-0.3, -0.25) is 14.8 Å². The third-order valence-corrected chi connectivity index (χ3v) is 6.36. The zero-order valence-corrected chi connectivity index (χ0v) is 17.8. The van der Waals surface area contributed by atoms with Gasteiger partial charge in [-0.1, -0.05) is 55.5 Å². The smallest absolute Gasteiger partial charge is 0.315 e. The van der Waals surface area contributed by atoms with Gasteiger partial charge in [0.05, 0.1) is 19.1 Å². The van der Waals surface area contributed by atoms with Crippen molar-refractivity contribution in [2.75, 3.05) is 13.0 Å². The molecule has 2 atom stereocenters. The van der Waals surface area contributed by atoms with E-state index in [0.717, 1.165) is 5.56 Å². The molecular formula is C22H28NO5P. The van der Waals surface area contributed by atoms with Gasteiger partial charge in [0.2, 0.25) is 0 Å². The van der Waals surface area contributed by atoms with Crippen LogP contribution in [0.3, 0.4) is 0 Å². The first kappa shape index (κ1) is 22.9. The standard InChI is InChI=1S/C22H28NO5P/c1-3-27-22(24)18(2)14-15-21(23)29(25,28-20-12-8-5-9-13-20)17-26-16-19-10-6-4-7-11-19/h4-13,18,23H,3,14-17H2,1-2H3/t18-,29+/m1/s1. The van der Waals surface area contributed by atoms with E-state index in [9.17, 15) is 9.36 Å². The fraction of sp³-hybridized carbons (Fsp3) is 0.364. The largest absolute Gasteiger partial charge is 0.466 e.